The van der Waals surface area contributed by atoms with Crippen LogP contribution in [0.1, 0.15) is 0 Å². The Morgan fingerprint density at radius 2 is 2.18 bits per heavy atom. The summed E-state index contributed by atoms with van der Waals surface area (Å²) in [4.78, 5) is 0.877. The van der Waals surface area contributed by atoms with E-state index in [1.807, 2.05) is 12.1 Å². The van der Waals surface area contributed by atoms with Gasteiger partial charge in [-0.25, -0.2) is 0 Å². The van der Waals surface area contributed by atoms with Crippen molar-refractivity contribution in [2.24, 2.45) is 0 Å². The summed E-state index contributed by atoms with van der Waals surface area (Å²) in [6, 6.07) is 3.83. The number of rotatable bonds is 1. The van der Waals surface area contributed by atoms with Crippen LogP contribution in [0.3, 0.4) is 0 Å². The normalized spacial score (nSPS) is 9.82. The molecule has 1 aromatic carbocycles. The number of ether oxygens (including phenoxy) is 1. The molecule has 1 nitrogen and oxygen atoms in total. The largest absolute Gasteiger partial charge is 0.496 e. The Bertz CT molecular complexity index is 277. The van der Waals surface area contributed by atoms with Crippen LogP contribution in [0.2, 0.25) is 0 Å². The highest BCUT2D eigenvalue weighted by Gasteiger charge is 2.05. The van der Waals surface area contributed by atoms with E-state index in [0.29, 0.717) is 0 Å². The van der Waals surface area contributed by atoms with Gasteiger partial charge in [0.25, 0.3) is 0 Å². The molecular formula is C7H6BrIOS. The molecule has 0 unspecified atom stereocenters. The van der Waals surface area contributed by atoms with Gasteiger partial charge in [-0.15, -0.1) is 12.6 Å². The van der Waals surface area contributed by atoms with Crippen molar-refractivity contribution >= 4 is 51.1 Å². The molecule has 0 saturated carbocycles. The molecule has 0 spiro atoms. The molecule has 60 valence electrons. The average Bonchev–Trinajstić information content (AvgIpc) is 2.01. The van der Waals surface area contributed by atoms with Crippen LogP contribution >= 0.6 is 51.1 Å². The third-order valence-electron chi connectivity index (χ3n) is 1.25. The van der Waals surface area contributed by atoms with Gasteiger partial charge in [-0.05, 0) is 50.7 Å². The minimum absolute atomic E-state index is 0.806. The lowest BCUT2D eigenvalue weighted by atomic mass is 10.3. The number of halogens is 2. The Balaban J connectivity index is 3.25. The van der Waals surface area contributed by atoms with Crippen LogP contribution in [-0.2, 0) is 0 Å². The fourth-order valence-corrected chi connectivity index (χ4v) is 1.90. The Morgan fingerprint density at radius 1 is 1.55 bits per heavy atom. The second-order valence-corrected chi connectivity index (χ2v) is 4.29. The van der Waals surface area contributed by atoms with Crippen LogP contribution in [0.25, 0.3) is 0 Å². The molecule has 0 aliphatic heterocycles. The first-order valence-corrected chi connectivity index (χ1v) is 5.19. The zero-order valence-electron chi connectivity index (χ0n) is 5.77. The first kappa shape index (κ1) is 9.67. The van der Waals surface area contributed by atoms with Crippen molar-refractivity contribution in [2.45, 2.75) is 4.90 Å². The highest BCUT2D eigenvalue weighted by Crippen LogP contribution is 2.32. The Hall–Kier alpha value is 0.580. The van der Waals surface area contributed by atoms with Gasteiger partial charge >= 0.3 is 0 Å². The van der Waals surface area contributed by atoms with Crippen LogP contribution in [0, 0.1) is 3.57 Å². The Morgan fingerprint density at radius 3 is 2.73 bits per heavy atom. The zero-order chi connectivity index (χ0) is 8.43. The molecule has 0 aromatic heterocycles. The molecule has 0 N–H and O–H groups in total. The molecule has 0 bridgehead atoms. The van der Waals surface area contributed by atoms with Crippen molar-refractivity contribution in [1.29, 1.82) is 0 Å². The lowest BCUT2D eigenvalue weighted by Gasteiger charge is -2.05. The van der Waals surface area contributed by atoms with Gasteiger partial charge in [-0.2, -0.15) is 0 Å². The lowest BCUT2D eigenvalue weighted by Crippen LogP contribution is -1.87. The van der Waals surface area contributed by atoms with Gasteiger partial charge in [0.05, 0.1) is 12.0 Å². The van der Waals surface area contributed by atoms with Gasteiger partial charge in [-0.3, -0.25) is 0 Å². The van der Waals surface area contributed by atoms with E-state index in [4.69, 9.17) is 4.74 Å². The molecule has 1 rings (SSSR count). The molecule has 0 heterocycles. The van der Waals surface area contributed by atoms with E-state index in [2.05, 4.69) is 51.1 Å². The molecule has 0 saturated heterocycles. The standard InChI is InChI=1S/C7H6BrIOS/c1-10-5-3-2-4(8)6(9)7(5)11/h2-3,11H,1H3. The Kier molecular flexibility index (Phi) is 3.52. The van der Waals surface area contributed by atoms with Crippen molar-refractivity contribution in [1.82, 2.24) is 0 Å². The predicted molar refractivity (Wildman–Crippen MR) is 60.7 cm³/mol. The van der Waals surface area contributed by atoms with Crippen molar-refractivity contribution in [2.75, 3.05) is 7.11 Å². The fourth-order valence-electron chi connectivity index (χ4n) is 0.687. The predicted octanol–water partition coefficient (Wildman–Crippen LogP) is 3.35. The maximum atomic E-state index is 5.08. The van der Waals surface area contributed by atoms with Gasteiger partial charge in [0.1, 0.15) is 5.75 Å². The van der Waals surface area contributed by atoms with Gasteiger partial charge in [-0.1, -0.05) is 0 Å². The van der Waals surface area contributed by atoms with Crippen molar-refractivity contribution in [3.05, 3.63) is 20.2 Å². The highest BCUT2D eigenvalue weighted by atomic mass is 127. The highest BCUT2D eigenvalue weighted by molar-refractivity contribution is 14.1. The maximum absolute atomic E-state index is 5.08. The molecule has 0 radical (unpaired) electrons. The number of hydrogen-bond donors (Lipinski definition) is 1. The summed E-state index contributed by atoms with van der Waals surface area (Å²) in [5.41, 5.74) is 0. The minimum atomic E-state index is 0.806. The van der Waals surface area contributed by atoms with E-state index in [0.717, 1.165) is 18.7 Å². The van der Waals surface area contributed by atoms with Crippen LogP contribution in [0.15, 0.2) is 21.5 Å². The van der Waals surface area contributed by atoms with E-state index in [1.165, 1.54) is 0 Å². The van der Waals surface area contributed by atoms with Crippen LogP contribution < -0.4 is 4.74 Å². The maximum Gasteiger partial charge on any atom is 0.133 e. The van der Waals surface area contributed by atoms with E-state index in [1.54, 1.807) is 7.11 Å². The topological polar surface area (TPSA) is 9.23 Å². The molecule has 0 fully saturated rings. The monoisotopic (exact) mass is 344 g/mol. The average molecular weight is 345 g/mol. The van der Waals surface area contributed by atoms with Gasteiger partial charge in [0.2, 0.25) is 0 Å². The number of thiol groups is 1. The molecule has 1 aromatic rings. The van der Waals surface area contributed by atoms with Crippen molar-refractivity contribution in [3.63, 3.8) is 0 Å². The van der Waals surface area contributed by atoms with E-state index >= 15 is 0 Å². The molecule has 0 aliphatic rings. The van der Waals surface area contributed by atoms with Gasteiger partial charge < -0.3 is 4.74 Å². The van der Waals surface area contributed by atoms with Gasteiger partial charge in [0, 0.05) is 8.04 Å². The third-order valence-corrected chi connectivity index (χ3v) is 4.65. The third kappa shape index (κ3) is 2.03. The fraction of sp³-hybridized carbons (Fsp3) is 0.143. The summed E-state index contributed by atoms with van der Waals surface area (Å²) in [5.74, 6) is 0.806. The first-order valence-electron chi connectivity index (χ1n) is 2.87. The quantitative estimate of drug-likeness (QED) is 0.607. The minimum Gasteiger partial charge on any atom is -0.496 e. The van der Waals surface area contributed by atoms with Crippen molar-refractivity contribution in [3.8, 4) is 5.75 Å². The first-order chi connectivity index (χ1) is 5.16. The summed E-state index contributed by atoms with van der Waals surface area (Å²) in [6.07, 6.45) is 0. The van der Waals surface area contributed by atoms with E-state index in [9.17, 15) is 0 Å². The van der Waals surface area contributed by atoms with Crippen LogP contribution in [0.4, 0.5) is 0 Å². The molecule has 11 heavy (non-hydrogen) atoms. The molecular weight excluding hydrogens is 339 g/mol. The second kappa shape index (κ2) is 4.00. The SMILES string of the molecule is COc1ccc(Br)c(I)c1S. The van der Waals surface area contributed by atoms with E-state index in [-0.39, 0.29) is 0 Å². The number of benzene rings is 1. The number of methoxy groups -OCH3 is 1. The Labute approximate surface area is 93.2 Å². The summed E-state index contributed by atoms with van der Waals surface area (Å²) >= 11 is 9.91. The number of hydrogen-bond acceptors (Lipinski definition) is 2. The van der Waals surface area contributed by atoms with Crippen LogP contribution in [0.5, 0.6) is 5.75 Å². The smallest absolute Gasteiger partial charge is 0.133 e. The van der Waals surface area contributed by atoms with Gasteiger partial charge in [0.15, 0.2) is 0 Å². The van der Waals surface area contributed by atoms with Crippen LogP contribution in [-0.4, -0.2) is 7.11 Å². The summed E-state index contributed by atoms with van der Waals surface area (Å²) in [6.45, 7) is 0. The zero-order valence-corrected chi connectivity index (χ0v) is 10.4. The molecule has 0 amide bonds. The summed E-state index contributed by atoms with van der Waals surface area (Å²) < 4.78 is 7.20. The van der Waals surface area contributed by atoms with E-state index < -0.39 is 0 Å². The molecule has 0 aliphatic carbocycles. The summed E-state index contributed by atoms with van der Waals surface area (Å²) in [5, 5.41) is 0. The summed E-state index contributed by atoms with van der Waals surface area (Å²) in [7, 11) is 1.64. The molecule has 0 atom stereocenters. The molecule has 4 heteroatoms. The van der Waals surface area contributed by atoms with Crippen molar-refractivity contribution < 1.29 is 4.74 Å². The lowest BCUT2D eigenvalue weighted by molar-refractivity contribution is 0.404. The second-order valence-electron chi connectivity index (χ2n) is 1.91.